The largest absolute Gasteiger partial charge is 0.493 e. The first kappa shape index (κ1) is 31.5. The molecule has 0 bridgehead atoms. The Bertz CT molecular complexity index is 1470. The van der Waals surface area contributed by atoms with E-state index in [9.17, 15) is 8.78 Å². The fourth-order valence-corrected chi connectivity index (χ4v) is 6.67. The van der Waals surface area contributed by atoms with Crippen molar-refractivity contribution in [3.8, 4) is 5.75 Å². The van der Waals surface area contributed by atoms with Crippen molar-refractivity contribution in [3.05, 3.63) is 145 Å². The quantitative estimate of drug-likeness (QED) is 0.0738. The summed E-state index contributed by atoms with van der Waals surface area (Å²) < 4.78 is 32.7. The van der Waals surface area contributed by atoms with E-state index in [0.717, 1.165) is 33.3 Å². The summed E-state index contributed by atoms with van der Waals surface area (Å²) in [6.07, 6.45) is 0.938. The van der Waals surface area contributed by atoms with Gasteiger partial charge in [0.15, 0.2) is 0 Å². The smallest absolute Gasteiger partial charge is 0.147 e. The van der Waals surface area contributed by atoms with Gasteiger partial charge < -0.3 is 9.04 Å². The van der Waals surface area contributed by atoms with Crippen molar-refractivity contribution in [2.24, 2.45) is 0 Å². The van der Waals surface area contributed by atoms with E-state index in [1.165, 1.54) is 27.8 Å². The first-order valence-electron chi connectivity index (χ1n) is 13.5. The molecular weight excluding hydrogens is 585 g/mol. The molecule has 0 spiro atoms. The fraction of sp³-hybridized carbons (Fsp3) is 0.143. The Balaban J connectivity index is 0.00000198. The molecular formula is C35H33F2NOS3. The summed E-state index contributed by atoms with van der Waals surface area (Å²) in [5.74, 6) is 1.58. The summed E-state index contributed by atoms with van der Waals surface area (Å²) >= 11 is 5.09. The maximum atomic E-state index is 15.0. The van der Waals surface area contributed by atoms with Gasteiger partial charge in [0.25, 0.3) is 0 Å². The number of nitrogens with zero attached hydrogens (tertiary/aromatic N) is 1. The molecule has 0 saturated carbocycles. The van der Waals surface area contributed by atoms with Crippen LogP contribution in [-0.4, -0.2) is 19.5 Å². The minimum absolute atomic E-state index is 0.248. The predicted molar refractivity (Wildman–Crippen MR) is 176 cm³/mol. The Kier molecular flexibility index (Phi) is 13.2. The number of ether oxygens (including phenoxy) is 1. The van der Waals surface area contributed by atoms with Crippen LogP contribution in [0.25, 0.3) is 0 Å². The van der Waals surface area contributed by atoms with Crippen molar-refractivity contribution < 1.29 is 13.5 Å². The molecule has 0 atom stereocenters. The van der Waals surface area contributed by atoms with E-state index in [-0.39, 0.29) is 5.82 Å². The van der Waals surface area contributed by atoms with Gasteiger partial charge in [-0.15, -0.1) is 11.8 Å². The number of para-hydroxylation sites is 2. The van der Waals surface area contributed by atoms with Gasteiger partial charge >= 0.3 is 0 Å². The van der Waals surface area contributed by atoms with Crippen molar-refractivity contribution in [2.45, 2.75) is 32.5 Å². The Morgan fingerprint density at radius 1 is 0.619 bits per heavy atom. The normalized spacial score (nSPS) is 10.5. The van der Waals surface area contributed by atoms with Crippen LogP contribution in [0.4, 0.5) is 14.5 Å². The zero-order valence-electron chi connectivity index (χ0n) is 23.4. The van der Waals surface area contributed by atoms with Crippen LogP contribution in [0.1, 0.15) is 12.0 Å². The highest BCUT2D eigenvalue weighted by atomic mass is 32.2. The summed E-state index contributed by atoms with van der Waals surface area (Å²) in [5.41, 5.74) is 1.56. The molecule has 0 aliphatic heterocycles. The average molecular weight is 618 g/mol. The number of thioether (sulfide) groups is 1. The number of rotatable bonds is 13. The number of anilines is 1. The molecule has 0 saturated heterocycles. The number of benzene rings is 5. The first-order chi connectivity index (χ1) is 20.7. The van der Waals surface area contributed by atoms with Gasteiger partial charge in [0, 0.05) is 30.9 Å². The lowest BCUT2D eigenvalue weighted by Gasteiger charge is -2.25. The van der Waals surface area contributed by atoms with E-state index in [1.807, 2.05) is 70.7 Å². The molecule has 5 aromatic carbocycles. The highest BCUT2D eigenvalue weighted by Gasteiger charge is 2.16. The summed E-state index contributed by atoms with van der Waals surface area (Å²) in [5, 5.41) is 0. The number of hydrogen-bond acceptors (Lipinski definition) is 5. The van der Waals surface area contributed by atoms with Gasteiger partial charge in [-0.2, -0.15) is 0 Å². The molecule has 0 unspecified atom stereocenters. The molecule has 42 heavy (non-hydrogen) atoms. The van der Waals surface area contributed by atoms with Crippen LogP contribution in [-0.2, 0) is 6.54 Å². The molecule has 7 heteroatoms. The minimum atomic E-state index is -0.248. The summed E-state index contributed by atoms with van der Waals surface area (Å²) in [7, 11) is 0.500. The third kappa shape index (κ3) is 9.86. The molecule has 0 aromatic heterocycles. The molecule has 0 N–H and O–H groups in total. The lowest BCUT2D eigenvalue weighted by molar-refractivity contribution is 0.315. The van der Waals surface area contributed by atoms with E-state index < -0.39 is 0 Å². The summed E-state index contributed by atoms with van der Waals surface area (Å²) in [4.78, 5) is 4.67. The Hall–Kier alpha value is -3.39. The van der Waals surface area contributed by atoms with Crippen LogP contribution in [0.5, 0.6) is 5.75 Å². The van der Waals surface area contributed by atoms with Gasteiger partial charge in [-0.1, -0.05) is 78.5 Å². The first-order valence-corrected chi connectivity index (χ1v) is 16.1. The predicted octanol–water partition coefficient (Wildman–Crippen LogP) is 10.8. The fourth-order valence-electron chi connectivity index (χ4n) is 4.02. The van der Waals surface area contributed by atoms with Crippen LogP contribution < -0.4 is 9.04 Å². The van der Waals surface area contributed by atoms with Crippen molar-refractivity contribution in [2.75, 3.05) is 23.8 Å². The van der Waals surface area contributed by atoms with Crippen LogP contribution in [0, 0.1) is 5.82 Å². The number of halogens is 2. The van der Waals surface area contributed by atoms with Crippen LogP contribution in [0.15, 0.2) is 153 Å². The maximum absolute atomic E-state index is 15.0. The SMILES string of the molecule is CF.Fc1ccccc1N(Cc1ccccc1OCCCSc1ccccc1)Sc1ccc(Sc2ccccc2)cc1. The minimum Gasteiger partial charge on any atom is -0.493 e. The van der Waals surface area contributed by atoms with E-state index in [2.05, 4.69) is 66.7 Å². The van der Waals surface area contributed by atoms with Crippen molar-refractivity contribution >= 4 is 41.2 Å². The van der Waals surface area contributed by atoms with Crippen LogP contribution >= 0.6 is 35.5 Å². The van der Waals surface area contributed by atoms with Gasteiger partial charge in [0.2, 0.25) is 0 Å². The molecule has 216 valence electrons. The van der Waals surface area contributed by atoms with E-state index in [0.29, 0.717) is 26.0 Å². The van der Waals surface area contributed by atoms with Gasteiger partial charge in [0.05, 0.1) is 26.0 Å². The van der Waals surface area contributed by atoms with Crippen molar-refractivity contribution in [1.29, 1.82) is 0 Å². The van der Waals surface area contributed by atoms with E-state index >= 15 is 0 Å². The second kappa shape index (κ2) is 17.5. The third-order valence-corrected chi connectivity index (χ3v) is 9.13. The standard InChI is InChI=1S/C34H30FNOS3.CH3F/c35-32-17-8-9-18-33(32)36(40-31-22-20-30(21-23-31)39-29-15-5-2-6-16-29)26-27-12-7-10-19-34(27)37-24-11-25-38-28-13-3-1-4-14-28;1-2/h1-10,12-23H,11,24-26H2;1H3. The second-order valence-electron chi connectivity index (χ2n) is 8.94. The third-order valence-electron chi connectivity index (χ3n) is 5.98. The van der Waals surface area contributed by atoms with Crippen LogP contribution in [0.3, 0.4) is 0 Å². The summed E-state index contributed by atoms with van der Waals surface area (Å²) in [6, 6.07) is 44.1. The lowest BCUT2D eigenvalue weighted by atomic mass is 10.2. The molecule has 0 amide bonds. The molecule has 2 nitrogen and oxygen atoms in total. The maximum Gasteiger partial charge on any atom is 0.147 e. The van der Waals surface area contributed by atoms with Gasteiger partial charge in [-0.25, -0.2) is 4.39 Å². The average Bonchev–Trinajstić information content (AvgIpc) is 3.04. The second-order valence-corrected chi connectivity index (χ2v) is 12.3. The van der Waals surface area contributed by atoms with Crippen LogP contribution in [0.2, 0.25) is 0 Å². The number of alkyl halides is 1. The molecule has 0 aliphatic carbocycles. The van der Waals surface area contributed by atoms with Gasteiger partial charge in [0.1, 0.15) is 11.6 Å². The molecule has 5 aromatic rings. The monoisotopic (exact) mass is 617 g/mol. The highest BCUT2D eigenvalue weighted by molar-refractivity contribution is 8.00. The Morgan fingerprint density at radius 2 is 1.19 bits per heavy atom. The Labute approximate surface area is 260 Å². The molecule has 0 heterocycles. The number of hydrogen-bond donors (Lipinski definition) is 0. The topological polar surface area (TPSA) is 12.5 Å². The molecule has 0 radical (unpaired) electrons. The van der Waals surface area contributed by atoms with E-state index in [4.69, 9.17) is 4.74 Å². The Morgan fingerprint density at radius 3 is 1.90 bits per heavy atom. The van der Waals surface area contributed by atoms with E-state index in [1.54, 1.807) is 17.8 Å². The van der Waals surface area contributed by atoms with Gasteiger partial charge in [-0.3, -0.25) is 4.39 Å². The van der Waals surface area contributed by atoms with Crippen molar-refractivity contribution in [1.82, 2.24) is 0 Å². The van der Waals surface area contributed by atoms with Gasteiger partial charge in [-0.05, 0) is 85.1 Å². The molecule has 0 aliphatic rings. The zero-order chi connectivity index (χ0) is 29.4. The zero-order valence-corrected chi connectivity index (χ0v) is 25.8. The highest BCUT2D eigenvalue weighted by Crippen LogP contribution is 2.36. The molecule has 5 rings (SSSR count). The van der Waals surface area contributed by atoms with Crippen molar-refractivity contribution in [3.63, 3.8) is 0 Å². The lowest BCUT2D eigenvalue weighted by Crippen LogP contribution is -2.16. The molecule has 0 fully saturated rings. The summed E-state index contributed by atoms with van der Waals surface area (Å²) in [6.45, 7) is 1.13.